The number of amides is 2. The Labute approximate surface area is 187 Å². The van der Waals surface area contributed by atoms with Crippen LogP contribution >= 0.6 is 0 Å². The monoisotopic (exact) mass is 440 g/mol. The van der Waals surface area contributed by atoms with Gasteiger partial charge in [0.25, 0.3) is 5.91 Å². The summed E-state index contributed by atoms with van der Waals surface area (Å²) in [6.45, 7) is 3.86. The van der Waals surface area contributed by atoms with E-state index in [1.165, 1.54) is 6.20 Å². The third-order valence-electron chi connectivity index (χ3n) is 4.57. The molecule has 3 rings (SSSR count). The van der Waals surface area contributed by atoms with Crippen LogP contribution in [0.3, 0.4) is 0 Å². The van der Waals surface area contributed by atoms with Crippen molar-refractivity contribution in [2.24, 2.45) is 7.05 Å². The Morgan fingerprint density at radius 2 is 1.69 bits per heavy atom. The fraction of sp³-hybridized carbons (Fsp3) is 0.261. The molecule has 0 aliphatic heterocycles. The molecule has 0 bridgehead atoms. The predicted octanol–water partition coefficient (Wildman–Crippen LogP) is 3.57. The van der Waals surface area contributed by atoms with Gasteiger partial charge in [0.05, 0.1) is 33.9 Å². The molecule has 0 aliphatic rings. The molecule has 1 heterocycles. The van der Waals surface area contributed by atoms with E-state index < -0.39 is 0 Å². The largest absolute Gasteiger partial charge is 0.493 e. The molecule has 0 unspecified atom stereocenters. The maximum atomic E-state index is 12.1. The highest BCUT2D eigenvalue weighted by Gasteiger charge is 2.12. The Hall–Kier alpha value is -4.01. The first-order valence-corrected chi connectivity index (χ1v) is 9.69. The minimum absolute atomic E-state index is 0.244. The summed E-state index contributed by atoms with van der Waals surface area (Å²) in [7, 11) is 6.56. The number of hydrogen-bond acceptors (Lipinski definition) is 6. The Balaban J connectivity index is 0.000000244. The first-order chi connectivity index (χ1) is 15.3. The summed E-state index contributed by atoms with van der Waals surface area (Å²) < 4.78 is 17.1. The maximum Gasteiger partial charge on any atom is 0.273 e. The lowest BCUT2D eigenvalue weighted by molar-refractivity contribution is -0.105. The molecule has 0 fully saturated rings. The van der Waals surface area contributed by atoms with Crippen LogP contribution in [-0.4, -0.2) is 43.2 Å². The van der Waals surface area contributed by atoms with E-state index in [2.05, 4.69) is 15.6 Å². The number of nitrogens with zero attached hydrogens (tertiary/aromatic N) is 2. The number of aromatic nitrogens is 2. The van der Waals surface area contributed by atoms with Gasteiger partial charge >= 0.3 is 0 Å². The van der Waals surface area contributed by atoms with Crippen LogP contribution in [0.5, 0.6) is 17.2 Å². The van der Waals surface area contributed by atoms with Gasteiger partial charge < -0.3 is 29.4 Å². The summed E-state index contributed by atoms with van der Waals surface area (Å²) in [5, 5.41) is 5.34. The molecular weight excluding hydrogens is 412 g/mol. The summed E-state index contributed by atoms with van der Waals surface area (Å²) in [5.41, 5.74) is 3.73. The van der Waals surface area contributed by atoms with Gasteiger partial charge in [0.2, 0.25) is 12.2 Å². The number of carbonyl (C=O) groups excluding carboxylic acids is 2. The average molecular weight is 441 g/mol. The molecule has 170 valence electrons. The highest BCUT2D eigenvalue weighted by atomic mass is 16.5. The molecule has 2 N–H and O–H groups in total. The smallest absolute Gasteiger partial charge is 0.273 e. The zero-order chi connectivity index (χ0) is 23.7. The number of methoxy groups -OCH3 is 3. The minimum Gasteiger partial charge on any atom is -0.493 e. The molecule has 9 heteroatoms. The third kappa shape index (κ3) is 6.00. The van der Waals surface area contributed by atoms with Crippen molar-refractivity contribution in [1.82, 2.24) is 9.55 Å². The average Bonchev–Trinajstić information content (AvgIpc) is 3.22. The van der Waals surface area contributed by atoms with Crippen LogP contribution in [0.1, 0.15) is 21.6 Å². The van der Waals surface area contributed by atoms with E-state index in [1.807, 2.05) is 32.0 Å². The highest BCUT2D eigenvalue weighted by molar-refractivity contribution is 6.03. The molecule has 2 aromatic carbocycles. The summed E-state index contributed by atoms with van der Waals surface area (Å²) in [6, 6.07) is 9.11. The van der Waals surface area contributed by atoms with E-state index in [0.29, 0.717) is 40.7 Å². The predicted molar refractivity (Wildman–Crippen MR) is 123 cm³/mol. The van der Waals surface area contributed by atoms with Crippen LogP contribution in [0.2, 0.25) is 0 Å². The van der Waals surface area contributed by atoms with Crippen LogP contribution in [0.4, 0.5) is 11.4 Å². The molecule has 1 aromatic heterocycles. The van der Waals surface area contributed by atoms with Crippen molar-refractivity contribution < 1.29 is 23.8 Å². The van der Waals surface area contributed by atoms with Gasteiger partial charge in [0, 0.05) is 18.4 Å². The third-order valence-corrected chi connectivity index (χ3v) is 4.57. The molecular formula is C23H28N4O5. The van der Waals surface area contributed by atoms with Crippen molar-refractivity contribution in [1.29, 1.82) is 0 Å². The van der Waals surface area contributed by atoms with E-state index in [-0.39, 0.29) is 5.91 Å². The van der Waals surface area contributed by atoms with Gasteiger partial charge in [-0.25, -0.2) is 4.98 Å². The van der Waals surface area contributed by atoms with Gasteiger partial charge in [-0.2, -0.15) is 0 Å². The van der Waals surface area contributed by atoms with Crippen molar-refractivity contribution in [3.05, 3.63) is 59.7 Å². The fourth-order valence-electron chi connectivity index (χ4n) is 2.89. The topological polar surface area (TPSA) is 104 Å². The lowest BCUT2D eigenvalue weighted by Crippen LogP contribution is -2.16. The number of imidazole rings is 1. The SMILES string of the molecule is COc1cc(C)cc(OC)c1OC.Cc1ccc(NC=O)cc1NC(=O)c1cncn1C. The number of aryl methyl sites for hydroxylation is 3. The van der Waals surface area contributed by atoms with Crippen LogP contribution in [0.25, 0.3) is 0 Å². The minimum atomic E-state index is -0.244. The number of rotatable bonds is 7. The fourth-order valence-corrected chi connectivity index (χ4v) is 2.89. The van der Waals surface area contributed by atoms with Crippen LogP contribution in [0, 0.1) is 13.8 Å². The summed E-state index contributed by atoms with van der Waals surface area (Å²) >= 11 is 0. The van der Waals surface area contributed by atoms with Gasteiger partial charge in [-0.3, -0.25) is 9.59 Å². The number of benzene rings is 2. The molecule has 32 heavy (non-hydrogen) atoms. The maximum absolute atomic E-state index is 12.1. The van der Waals surface area contributed by atoms with Crippen LogP contribution < -0.4 is 24.8 Å². The zero-order valence-electron chi connectivity index (χ0n) is 19.1. The van der Waals surface area contributed by atoms with Gasteiger partial charge in [-0.05, 0) is 49.2 Å². The van der Waals surface area contributed by atoms with E-state index in [0.717, 1.165) is 11.1 Å². The van der Waals surface area contributed by atoms with Gasteiger partial charge in [-0.15, -0.1) is 0 Å². The second-order valence-corrected chi connectivity index (χ2v) is 6.84. The van der Waals surface area contributed by atoms with Crippen molar-refractivity contribution in [2.45, 2.75) is 13.8 Å². The van der Waals surface area contributed by atoms with Gasteiger partial charge in [-0.1, -0.05) is 6.07 Å². The lowest BCUT2D eigenvalue weighted by Gasteiger charge is -2.12. The molecule has 2 amide bonds. The van der Waals surface area contributed by atoms with Crippen LogP contribution in [-0.2, 0) is 11.8 Å². The Kier molecular flexibility index (Phi) is 8.64. The summed E-state index contributed by atoms with van der Waals surface area (Å²) in [4.78, 5) is 26.4. The first kappa shape index (κ1) is 24.3. The van der Waals surface area contributed by atoms with E-state index >= 15 is 0 Å². The lowest BCUT2D eigenvalue weighted by atomic mass is 10.1. The first-order valence-electron chi connectivity index (χ1n) is 9.69. The second-order valence-electron chi connectivity index (χ2n) is 6.84. The number of ether oxygens (including phenoxy) is 3. The molecule has 0 spiro atoms. The zero-order valence-corrected chi connectivity index (χ0v) is 19.1. The Morgan fingerprint density at radius 3 is 2.19 bits per heavy atom. The number of carbonyl (C=O) groups is 2. The molecule has 0 saturated carbocycles. The summed E-state index contributed by atoms with van der Waals surface area (Å²) in [6.07, 6.45) is 3.65. The van der Waals surface area contributed by atoms with Crippen molar-refractivity contribution >= 4 is 23.7 Å². The summed E-state index contributed by atoms with van der Waals surface area (Å²) in [5.74, 6) is 1.78. The standard InChI is InChI=1S/C13H14N4O2.C10H14O3/c1-9-3-4-10(15-8-18)5-11(9)16-13(19)12-6-14-7-17(12)2;1-7-5-8(11-2)10(13-4)9(6-7)12-3/h3-8H,1-2H3,(H,15,18)(H,16,19);5-6H,1-4H3. The molecule has 0 radical (unpaired) electrons. The normalized spacial score (nSPS) is 9.81. The molecule has 3 aromatic rings. The highest BCUT2D eigenvalue weighted by Crippen LogP contribution is 2.37. The molecule has 0 aliphatic carbocycles. The number of anilines is 2. The number of nitrogens with one attached hydrogen (secondary N) is 2. The van der Waals surface area contributed by atoms with Gasteiger partial charge in [0.15, 0.2) is 11.5 Å². The van der Waals surface area contributed by atoms with Crippen molar-refractivity contribution in [3.63, 3.8) is 0 Å². The number of hydrogen-bond donors (Lipinski definition) is 2. The Bertz CT molecular complexity index is 1050. The molecule has 0 atom stereocenters. The quantitative estimate of drug-likeness (QED) is 0.545. The van der Waals surface area contributed by atoms with E-state index in [1.54, 1.807) is 51.4 Å². The molecule has 0 saturated heterocycles. The van der Waals surface area contributed by atoms with Crippen LogP contribution in [0.15, 0.2) is 42.9 Å². The van der Waals surface area contributed by atoms with E-state index in [4.69, 9.17) is 14.2 Å². The second kappa shape index (κ2) is 11.4. The van der Waals surface area contributed by atoms with Crippen molar-refractivity contribution in [3.8, 4) is 17.2 Å². The van der Waals surface area contributed by atoms with Crippen molar-refractivity contribution in [2.75, 3.05) is 32.0 Å². The Morgan fingerprint density at radius 1 is 1.03 bits per heavy atom. The van der Waals surface area contributed by atoms with E-state index in [9.17, 15) is 9.59 Å². The molecule has 9 nitrogen and oxygen atoms in total. The van der Waals surface area contributed by atoms with Gasteiger partial charge in [0.1, 0.15) is 5.69 Å².